The lowest BCUT2D eigenvalue weighted by Crippen LogP contribution is -1.98. The summed E-state index contributed by atoms with van der Waals surface area (Å²) in [7, 11) is 0. The van der Waals surface area contributed by atoms with Crippen LogP contribution in [0.4, 0.5) is 5.69 Å². The molecule has 0 radical (unpaired) electrons. The van der Waals surface area contributed by atoms with Crippen molar-refractivity contribution in [3.05, 3.63) is 30.1 Å². The smallest absolute Gasteiger partial charge is 0.260 e. The molecule has 1 N–H and O–H groups in total. The monoisotopic (exact) mass is 266 g/mol. The Bertz CT molecular complexity index is 703. The van der Waals surface area contributed by atoms with Gasteiger partial charge in [-0.25, -0.2) is 0 Å². The minimum Gasteiger partial charge on any atom is -0.334 e. The minimum absolute atomic E-state index is 0.264. The fourth-order valence-electron chi connectivity index (χ4n) is 1.47. The molecule has 0 aliphatic heterocycles. The Kier molecular flexibility index (Phi) is 4.05. The van der Waals surface area contributed by atoms with E-state index < -0.39 is 0 Å². The summed E-state index contributed by atoms with van der Waals surface area (Å²) in [5, 5.41) is 24.8. The van der Waals surface area contributed by atoms with Crippen molar-refractivity contribution in [1.29, 1.82) is 10.5 Å². The molecule has 1 aromatic carbocycles. The lowest BCUT2D eigenvalue weighted by Gasteiger charge is -2.04. The van der Waals surface area contributed by atoms with Gasteiger partial charge in [-0.05, 0) is 12.1 Å². The number of anilines is 1. The lowest BCUT2D eigenvalue weighted by molar-refractivity contribution is 0.423. The van der Waals surface area contributed by atoms with Gasteiger partial charge in [0.1, 0.15) is 12.1 Å². The van der Waals surface area contributed by atoms with Crippen molar-refractivity contribution in [2.45, 2.75) is 13.3 Å². The van der Waals surface area contributed by atoms with Gasteiger partial charge < -0.3 is 4.52 Å². The number of nitriles is 2. The van der Waals surface area contributed by atoms with Crippen LogP contribution in [0.1, 0.15) is 12.7 Å². The normalized spacial score (nSPS) is 9.35. The molecule has 0 fully saturated rings. The predicted octanol–water partition coefficient (Wildman–Crippen LogP) is 2.11. The van der Waals surface area contributed by atoms with Crippen LogP contribution in [0.2, 0.25) is 0 Å². The maximum Gasteiger partial charge on any atom is 0.260 e. The SMILES string of the molecule is CCc1noc(-c2ccccc2NN=C(C#N)C#N)n1. The molecule has 2 aromatic rings. The Balaban J connectivity index is 2.34. The number of aromatic nitrogens is 2. The number of nitrogens with zero attached hydrogens (tertiary/aromatic N) is 5. The van der Waals surface area contributed by atoms with Crippen molar-refractivity contribution in [3.8, 4) is 23.6 Å². The average molecular weight is 266 g/mol. The topological polar surface area (TPSA) is 111 Å². The highest BCUT2D eigenvalue weighted by Gasteiger charge is 2.11. The molecule has 0 saturated heterocycles. The van der Waals surface area contributed by atoms with Gasteiger partial charge in [0.25, 0.3) is 5.89 Å². The van der Waals surface area contributed by atoms with Crippen LogP contribution in [0.25, 0.3) is 11.5 Å². The largest absolute Gasteiger partial charge is 0.334 e. The van der Waals surface area contributed by atoms with Crippen LogP contribution < -0.4 is 5.43 Å². The van der Waals surface area contributed by atoms with Crippen molar-refractivity contribution < 1.29 is 4.52 Å². The number of nitrogens with one attached hydrogen (secondary N) is 1. The summed E-state index contributed by atoms with van der Waals surface area (Å²) in [6.45, 7) is 1.93. The molecule has 0 saturated carbocycles. The van der Waals surface area contributed by atoms with Crippen LogP contribution >= 0.6 is 0 Å². The van der Waals surface area contributed by atoms with E-state index in [1.807, 2.05) is 13.0 Å². The third-order valence-corrected chi connectivity index (χ3v) is 2.44. The first kappa shape index (κ1) is 13.2. The predicted molar refractivity (Wildman–Crippen MR) is 71.4 cm³/mol. The zero-order valence-electron chi connectivity index (χ0n) is 10.7. The first-order valence-electron chi connectivity index (χ1n) is 5.84. The average Bonchev–Trinajstić information content (AvgIpc) is 2.97. The van der Waals surface area contributed by atoms with E-state index in [2.05, 4.69) is 20.7 Å². The van der Waals surface area contributed by atoms with Gasteiger partial charge in [-0.15, -0.1) is 0 Å². The Morgan fingerprint density at radius 2 is 2.10 bits per heavy atom. The molecule has 0 atom stereocenters. The van der Waals surface area contributed by atoms with Gasteiger partial charge in [0, 0.05) is 6.42 Å². The van der Waals surface area contributed by atoms with Gasteiger partial charge in [0.15, 0.2) is 5.82 Å². The molecule has 0 amide bonds. The van der Waals surface area contributed by atoms with E-state index >= 15 is 0 Å². The number of aryl methyl sites for hydroxylation is 1. The first-order valence-corrected chi connectivity index (χ1v) is 5.84. The van der Waals surface area contributed by atoms with Gasteiger partial charge in [-0.1, -0.05) is 24.2 Å². The molecule has 0 unspecified atom stereocenters. The van der Waals surface area contributed by atoms with E-state index in [1.54, 1.807) is 30.3 Å². The molecule has 0 spiro atoms. The summed E-state index contributed by atoms with van der Waals surface area (Å²) < 4.78 is 5.16. The lowest BCUT2D eigenvalue weighted by atomic mass is 10.2. The Morgan fingerprint density at radius 3 is 2.75 bits per heavy atom. The summed E-state index contributed by atoms with van der Waals surface area (Å²) in [6.07, 6.45) is 0.671. The quantitative estimate of drug-likeness (QED) is 0.670. The van der Waals surface area contributed by atoms with Crippen LogP contribution in [-0.2, 0) is 6.42 Å². The second-order valence-corrected chi connectivity index (χ2v) is 3.71. The molecule has 1 heterocycles. The van der Waals surface area contributed by atoms with Gasteiger partial charge >= 0.3 is 0 Å². The van der Waals surface area contributed by atoms with Crippen molar-refractivity contribution in [2.75, 3.05) is 5.43 Å². The molecule has 2 rings (SSSR count). The molecule has 0 aliphatic carbocycles. The zero-order valence-corrected chi connectivity index (χ0v) is 10.7. The minimum atomic E-state index is -0.264. The summed E-state index contributed by atoms with van der Waals surface area (Å²) >= 11 is 0. The van der Waals surface area contributed by atoms with Gasteiger partial charge in [0.2, 0.25) is 5.71 Å². The van der Waals surface area contributed by atoms with E-state index in [-0.39, 0.29) is 5.71 Å². The van der Waals surface area contributed by atoms with Crippen molar-refractivity contribution in [2.24, 2.45) is 5.10 Å². The van der Waals surface area contributed by atoms with Gasteiger partial charge in [-0.3, -0.25) is 5.43 Å². The van der Waals surface area contributed by atoms with Crippen LogP contribution in [-0.4, -0.2) is 15.9 Å². The molecule has 1 aromatic heterocycles. The summed E-state index contributed by atoms with van der Waals surface area (Å²) in [4.78, 5) is 4.23. The van der Waals surface area contributed by atoms with Crippen molar-refractivity contribution in [1.82, 2.24) is 10.1 Å². The van der Waals surface area contributed by atoms with E-state index in [1.165, 1.54) is 0 Å². The Morgan fingerprint density at radius 1 is 1.35 bits per heavy atom. The third kappa shape index (κ3) is 2.79. The van der Waals surface area contributed by atoms with Gasteiger partial charge in [-0.2, -0.15) is 20.6 Å². The molecule has 20 heavy (non-hydrogen) atoms. The van der Waals surface area contributed by atoms with E-state index in [9.17, 15) is 0 Å². The Hall–Kier alpha value is -3.19. The number of hydrazone groups is 1. The maximum atomic E-state index is 8.64. The molecule has 98 valence electrons. The molecule has 7 heteroatoms. The number of benzene rings is 1. The summed E-state index contributed by atoms with van der Waals surface area (Å²) in [6, 6.07) is 10.5. The number of hydrogen-bond donors (Lipinski definition) is 1. The van der Waals surface area contributed by atoms with E-state index in [0.29, 0.717) is 29.4 Å². The van der Waals surface area contributed by atoms with Crippen LogP contribution in [0.15, 0.2) is 33.9 Å². The fraction of sp³-hybridized carbons (Fsp3) is 0.154. The molecular formula is C13H10N6O. The van der Waals surface area contributed by atoms with E-state index in [4.69, 9.17) is 15.0 Å². The highest BCUT2D eigenvalue weighted by Crippen LogP contribution is 2.26. The number of para-hydroxylation sites is 1. The third-order valence-electron chi connectivity index (χ3n) is 2.44. The summed E-state index contributed by atoms with van der Waals surface area (Å²) in [5.41, 5.74) is 3.61. The first-order chi connectivity index (χ1) is 9.78. The fourth-order valence-corrected chi connectivity index (χ4v) is 1.47. The van der Waals surface area contributed by atoms with E-state index in [0.717, 1.165) is 0 Å². The van der Waals surface area contributed by atoms with Crippen LogP contribution in [0, 0.1) is 22.7 Å². The maximum absolute atomic E-state index is 8.64. The number of rotatable bonds is 4. The van der Waals surface area contributed by atoms with Crippen molar-refractivity contribution in [3.63, 3.8) is 0 Å². The zero-order chi connectivity index (χ0) is 14.4. The highest BCUT2D eigenvalue weighted by molar-refractivity contribution is 6.10. The molecule has 7 nitrogen and oxygen atoms in total. The van der Waals surface area contributed by atoms with Gasteiger partial charge in [0.05, 0.1) is 11.3 Å². The Labute approximate surface area is 115 Å². The number of hydrogen-bond acceptors (Lipinski definition) is 7. The molecule has 0 aliphatic rings. The van der Waals surface area contributed by atoms with Crippen molar-refractivity contribution >= 4 is 11.4 Å². The summed E-state index contributed by atoms with van der Waals surface area (Å²) in [5.74, 6) is 0.962. The molecule has 0 bridgehead atoms. The van der Waals surface area contributed by atoms with Crippen LogP contribution in [0.5, 0.6) is 0 Å². The second kappa shape index (κ2) is 6.12. The molecular weight excluding hydrogens is 256 g/mol. The van der Waals surface area contributed by atoms with Crippen LogP contribution in [0.3, 0.4) is 0 Å². The second-order valence-electron chi connectivity index (χ2n) is 3.71. The standard InChI is InChI=1S/C13H10N6O/c1-2-12-16-13(20-19-12)10-5-3-4-6-11(10)18-17-9(7-14)8-15/h3-6,18H,2H2,1H3. The highest BCUT2D eigenvalue weighted by atomic mass is 16.5.